The molecular weight excluding hydrogens is 266 g/mol. The molecule has 0 heterocycles. The Hall–Kier alpha value is -1.60. The average Bonchev–Trinajstić information content (AvgIpc) is 2.57. The molecule has 22 heavy (non-hydrogen) atoms. The van der Waals surface area contributed by atoms with Crippen LogP contribution in [0.1, 0.15) is 50.2 Å². The van der Waals surface area contributed by atoms with E-state index in [9.17, 15) is 0 Å². The SMILES string of the molecule is CCCN(CCC)CCC(c1ccccc1)c1ccccc1. The Balaban J connectivity index is 2.12. The zero-order chi connectivity index (χ0) is 15.6. The summed E-state index contributed by atoms with van der Waals surface area (Å²) in [6.45, 7) is 8.15. The highest BCUT2D eigenvalue weighted by Gasteiger charge is 2.15. The van der Waals surface area contributed by atoms with Crippen LogP contribution >= 0.6 is 0 Å². The summed E-state index contributed by atoms with van der Waals surface area (Å²) in [5.74, 6) is 0.499. The van der Waals surface area contributed by atoms with E-state index < -0.39 is 0 Å². The second-order valence-electron chi connectivity index (χ2n) is 6.00. The van der Waals surface area contributed by atoms with Crippen LogP contribution < -0.4 is 0 Å². The molecule has 1 nitrogen and oxygen atoms in total. The maximum Gasteiger partial charge on any atom is 0.0101 e. The fraction of sp³-hybridized carbons (Fsp3) is 0.429. The van der Waals surface area contributed by atoms with Gasteiger partial charge in [0.25, 0.3) is 0 Å². The van der Waals surface area contributed by atoms with E-state index in [-0.39, 0.29) is 0 Å². The Morgan fingerprint density at radius 1 is 0.682 bits per heavy atom. The van der Waals surface area contributed by atoms with Gasteiger partial charge < -0.3 is 4.90 Å². The first-order chi connectivity index (χ1) is 10.8. The minimum atomic E-state index is 0.499. The normalized spacial score (nSPS) is 11.3. The average molecular weight is 295 g/mol. The molecule has 0 bridgehead atoms. The smallest absolute Gasteiger partial charge is 0.0101 e. The minimum absolute atomic E-state index is 0.499. The molecule has 2 rings (SSSR count). The molecule has 1 heteroatoms. The fourth-order valence-corrected chi connectivity index (χ4v) is 3.18. The molecule has 0 fully saturated rings. The largest absolute Gasteiger partial charge is 0.303 e. The Morgan fingerprint density at radius 3 is 1.55 bits per heavy atom. The molecule has 0 aromatic heterocycles. The summed E-state index contributed by atoms with van der Waals surface area (Å²) in [7, 11) is 0. The first-order valence-corrected chi connectivity index (χ1v) is 8.67. The highest BCUT2D eigenvalue weighted by Crippen LogP contribution is 2.28. The second kappa shape index (κ2) is 9.42. The first kappa shape index (κ1) is 16.8. The van der Waals surface area contributed by atoms with Gasteiger partial charge in [0, 0.05) is 5.92 Å². The fourth-order valence-electron chi connectivity index (χ4n) is 3.18. The molecule has 0 spiro atoms. The van der Waals surface area contributed by atoms with Gasteiger partial charge in [-0.3, -0.25) is 0 Å². The van der Waals surface area contributed by atoms with Crippen LogP contribution in [-0.4, -0.2) is 24.5 Å². The zero-order valence-corrected chi connectivity index (χ0v) is 14.0. The topological polar surface area (TPSA) is 3.24 Å². The van der Waals surface area contributed by atoms with Crippen LogP contribution in [0.2, 0.25) is 0 Å². The van der Waals surface area contributed by atoms with Gasteiger partial charge in [0.2, 0.25) is 0 Å². The third kappa shape index (κ3) is 4.99. The van der Waals surface area contributed by atoms with E-state index in [0.29, 0.717) is 5.92 Å². The Kier molecular flexibility index (Phi) is 7.18. The van der Waals surface area contributed by atoms with Crippen molar-refractivity contribution in [3.05, 3.63) is 71.8 Å². The van der Waals surface area contributed by atoms with Crippen molar-refractivity contribution in [3.8, 4) is 0 Å². The van der Waals surface area contributed by atoms with Crippen molar-refractivity contribution in [2.75, 3.05) is 19.6 Å². The number of hydrogen-bond donors (Lipinski definition) is 0. The molecule has 0 saturated carbocycles. The summed E-state index contributed by atoms with van der Waals surface area (Å²) < 4.78 is 0. The van der Waals surface area contributed by atoms with Crippen molar-refractivity contribution >= 4 is 0 Å². The summed E-state index contributed by atoms with van der Waals surface area (Å²) in [4.78, 5) is 2.61. The molecule has 2 aromatic carbocycles. The van der Waals surface area contributed by atoms with Crippen molar-refractivity contribution in [1.82, 2.24) is 4.90 Å². The highest BCUT2D eigenvalue weighted by atomic mass is 15.1. The van der Waals surface area contributed by atoms with Crippen molar-refractivity contribution in [2.45, 2.75) is 39.0 Å². The zero-order valence-electron chi connectivity index (χ0n) is 14.0. The molecule has 118 valence electrons. The van der Waals surface area contributed by atoms with E-state index in [1.165, 1.54) is 50.0 Å². The molecule has 0 saturated heterocycles. The Bertz CT molecular complexity index is 460. The second-order valence-corrected chi connectivity index (χ2v) is 6.00. The van der Waals surface area contributed by atoms with Crippen LogP contribution in [0.15, 0.2) is 60.7 Å². The third-order valence-electron chi connectivity index (χ3n) is 4.22. The van der Waals surface area contributed by atoms with Crippen molar-refractivity contribution in [3.63, 3.8) is 0 Å². The Morgan fingerprint density at radius 2 is 1.14 bits per heavy atom. The predicted molar refractivity (Wildman–Crippen MR) is 96.4 cm³/mol. The third-order valence-corrected chi connectivity index (χ3v) is 4.22. The molecule has 0 unspecified atom stereocenters. The molecule has 0 amide bonds. The van der Waals surface area contributed by atoms with Crippen molar-refractivity contribution in [2.24, 2.45) is 0 Å². The minimum Gasteiger partial charge on any atom is -0.303 e. The lowest BCUT2D eigenvalue weighted by atomic mass is 9.88. The van der Waals surface area contributed by atoms with E-state index in [2.05, 4.69) is 79.4 Å². The van der Waals surface area contributed by atoms with Crippen molar-refractivity contribution in [1.29, 1.82) is 0 Å². The van der Waals surface area contributed by atoms with Gasteiger partial charge in [-0.2, -0.15) is 0 Å². The lowest BCUT2D eigenvalue weighted by Gasteiger charge is -2.25. The number of benzene rings is 2. The van der Waals surface area contributed by atoms with Crippen LogP contribution in [0.25, 0.3) is 0 Å². The number of nitrogens with zero attached hydrogens (tertiary/aromatic N) is 1. The standard InChI is InChI=1S/C21H29N/c1-3-16-22(17-4-2)18-15-21(19-11-7-5-8-12-19)20-13-9-6-10-14-20/h5-14,21H,3-4,15-18H2,1-2H3. The summed E-state index contributed by atoms with van der Waals surface area (Å²) >= 11 is 0. The monoisotopic (exact) mass is 295 g/mol. The van der Waals surface area contributed by atoms with Crippen molar-refractivity contribution < 1.29 is 0 Å². The van der Waals surface area contributed by atoms with E-state index >= 15 is 0 Å². The molecule has 0 radical (unpaired) electrons. The number of rotatable bonds is 9. The molecule has 0 aliphatic carbocycles. The molecule has 0 N–H and O–H groups in total. The van der Waals surface area contributed by atoms with Gasteiger partial charge >= 0.3 is 0 Å². The maximum atomic E-state index is 2.61. The van der Waals surface area contributed by atoms with Crippen LogP contribution in [0.3, 0.4) is 0 Å². The summed E-state index contributed by atoms with van der Waals surface area (Å²) in [6.07, 6.45) is 3.66. The summed E-state index contributed by atoms with van der Waals surface area (Å²) in [6, 6.07) is 21.9. The van der Waals surface area contributed by atoms with Crippen LogP contribution in [0, 0.1) is 0 Å². The van der Waals surface area contributed by atoms with E-state index in [0.717, 1.165) is 0 Å². The molecule has 0 atom stereocenters. The highest BCUT2D eigenvalue weighted by molar-refractivity contribution is 5.32. The molecular formula is C21H29N. The first-order valence-electron chi connectivity index (χ1n) is 8.67. The maximum absolute atomic E-state index is 2.61. The summed E-state index contributed by atoms with van der Waals surface area (Å²) in [5.41, 5.74) is 2.86. The van der Waals surface area contributed by atoms with Gasteiger partial charge in [-0.05, 0) is 50.0 Å². The van der Waals surface area contributed by atoms with Gasteiger partial charge in [0.1, 0.15) is 0 Å². The predicted octanol–water partition coefficient (Wildman–Crippen LogP) is 5.33. The molecule has 0 aliphatic heterocycles. The van der Waals surface area contributed by atoms with E-state index in [4.69, 9.17) is 0 Å². The van der Waals surface area contributed by atoms with Crippen LogP contribution in [-0.2, 0) is 0 Å². The van der Waals surface area contributed by atoms with E-state index in [1.54, 1.807) is 0 Å². The Labute approximate surface area is 136 Å². The van der Waals surface area contributed by atoms with Gasteiger partial charge in [0.05, 0.1) is 0 Å². The van der Waals surface area contributed by atoms with Crippen LogP contribution in [0.4, 0.5) is 0 Å². The lowest BCUT2D eigenvalue weighted by Crippen LogP contribution is -2.27. The molecule has 0 aliphatic rings. The number of hydrogen-bond acceptors (Lipinski definition) is 1. The lowest BCUT2D eigenvalue weighted by molar-refractivity contribution is 0.267. The van der Waals surface area contributed by atoms with Gasteiger partial charge in [0.15, 0.2) is 0 Å². The van der Waals surface area contributed by atoms with Crippen LogP contribution in [0.5, 0.6) is 0 Å². The molecule has 2 aromatic rings. The van der Waals surface area contributed by atoms with Gasteiger partial charge in [-0.25, -0.2) is 0 Å². The quantitative estimate of drug-likeness (QED) is 0.604. The van der Waals surface area contributed by atoms with Gasteiger partial charge in [-0.1, -0.05) is 74.5 Å². The summed E-state index contributed by atoms with van der Waals surface area (Å²) in [5, 5.41) is 0. The van der Waals surface area contributed by atoms with E-state index in [1.807, 2.05) is 0 Å². The van der Waals surface area contributed by atoms with Gasteiger partial charge in [-0.15, -0.1) is 0 Å².